The van der Waals surface area contributed by atoms with Gasteiger partial charge in [0, 0.05) is 17.9 Å². The number of nitrogens with one attached hydrogen (secondary N) is 1. The molecule has 1 N–H and O–H groups in total. The molecule has 134 valence electrons. The molecular formula is C19H23ClN2O3. The number of aryl methyl sites for hydroxylation is 3. The molecule has 0 saturated heterocycles. The molecule has 2 aromatic rings. The van der Waals surface area contributed by atoms with E-state index in [0.717, 1.165) is 29.1 Å². The summed E-state index contributed by atoms with van der Waals surface area (Å²) >= 11 is 6.17. The summed E-state index contributed by atoms with van der Waals surface area (Å²) < 4.78 is 7.17. The van der Waals surface area contributed by atoms with Crippen molar-refractivity contribution >= 4 is 29.2 Å². The lowest BCUT2D eigenvalue weighted by Gasteiger charge is -2.12. The molecule has 1 aromatic carbocycles. The van der Waals surface area contributed by atoms with Gasteiger partial charge in [0.1, 0.15) is 0 Å². The van der Waals surface area contributed by atoms with Gasteiger partial charge in [-0.1, -0.05) is 17.7 Å². The van der Waals surface area contributed by atoms with E-state index in [1.165, 1.54) is 0 Å². The predicted molar refractivity (Wildman–Crippen MR) is 99.4 cm³/mol. The summed E-state index contributed by atoms with van der Waals surface area (Å²) in [6, 6.07) is 5.48. The van der Waals surface area contributed by atoms with E-state index < -0.39 is 11.9 Å². The standard InChI is InChI=1S/C19H23ClN2O3/c1-6-22-13(4)9-15(14(22)5)19(24)25-10-17(23)21-18-12(3)7-11(2)8-16(18)20/h7-9H,6,10H2,1-5H3,(H,21,23). The van der Waals surface area contributed by atoms with Crippen LogP contribution in [0.4, 0.5) is 5.69 Å². The monoisotopic (exact) mass is 362 g/mol. The van der Waals surface area contributed by atoms with Gasteiger partial charge in [0.25, 0.3) is 5.91 Å². The Bertz CT molecular complexity index is 801. The van der Waals surface area contributed by atoms with E-state index in [1.54, 1.807) is 12.1 Å². The van der Waals surface area contributed by atoms with Crippen LogP contribution in [-0.2, 0) is 16.1 Å². The van der Waals surface area contributed by atoms with Crippen LogP contribution in [0.3, 0.4) is 0 Å². The van der Waals surface area contributed by atoms with E-state index in [4.69, 9.17) is 16.3 Å². The average molecular weight is 363 g/mol. The Balaban J connectivity index is 2.02. The molecule has 1 heterocycles. The molecule has 0 bridgehead atoms. The smallest absolute Gasteiger partial charge is 0.340 e. The molecule has 0 fully saturated rings. The maximum atomic E-state index is 12.2. The number of nitrogens with zero attached hydrogens (tertiary/aromatic N) is 1. The third kappa shape index (κ3) is 4.23. The van der Waals surface area contributed by atoms with Gasteiger partial charge in [-0.25, -0.2) is 4.79 Å². The van der Waals surface area contributed by atoms with Crippen LogP contribution in [-0.4, -0.2) is 23.1 Å². The van der Waals surface area contributed by atoms with Gasteiger partial charge < -0.3 is 14.6 Å². The first-order valence-corrected chi connectivity index (χ1v) is 8.52. The summed E-state index contributed by atoms with van der Waals surface area (Å²) in [7, 11) is 0. The molecule has 5 nitrogen and oxygen atoms in total. The minimum absolute atomic E-state index is 0.363. The molecule has 0 aliphatic rings. The van der Waals surface area contributed by atoms with Gasteiger partial charge in [-0.05, 0) is 57.9 Å². The van der Waals surface area contributed by atoms with E-state index in [9.17, 15) is 9.59 Å². The number of carbonyl (C=O) groups excluding carboxylic acids is 2. The zero-order chi connectivity index (χ0) is 18.7. The number of aromatic nitrogens is 1. The highest BCUT2D eigenvalue weighted by atomic mass is 35.5. The Labute approximate surface area is 152 Å². The maximum absolute atomic E-state index is 12.2. The number of rotatable bonds is 5. The van der Waals surface area contributed by atoms with Crippen molar-refractivity contribution in [3.63, 3.8) is 0 Å². The molecule has 2 rings (SSSR count). The second kappa shape index (κ2) is 7.74. The highest BCUT2D eigenvalue weighted by Crippen LogP contribution is 2.27. The fraction of sp³-hybridized carbons (Fsp3) is 0.368. The predicted octanol–water partition coefficient (Wildman–Crippen LogP) is 4.19. The van der Waals surface area contributed by atoms with E-state index >= 15 is 0 Å². The minimum atomic E-state index is -0.505. The molecule has 0 spiro atoms. The zero-order valence-corrected chi connectivity index (χ0v) is 16.0. The van der Waals surface area contributed by atoms with Crippen molar-refractivity contribution in [2.45, 2.75) is 41.2 Å². The summed E-state index contributed by atoms with van der Waals surface area (Å²) in [5.41, 5.74) is 4.71. The Morgan fingerprint density at radius 1 is 1.16 bits per heavy atom. The number of hydrogen-bond donors (Lipinski definition) is 1. The van der Waals surface area contributed by atoms with Gasteiger partial charge in [-0.3, -0.25) is 4.79 Å². The second-order valence-corrected chi connectivity index (χ2v) is 6.50. The quantitative estimate of drug-likeness (QED) is 0.811. The highest BCUT2D eigenvalue weighted by Gasteiger charge is 2.18. The third-order valence-electron chi connectivity index (χ3n) is 4.14. The molecule has 0 radical (unpaired) electrons. The van der Waals surface area contributed by atoms with Crippen molar-refractivity contribution in [3.8, 4) is 0 Å². The normalized spacial score (nSPS) is 10.6. The lowest BCUT2D eigenvalue weighted by Crippen LogP contribution is -2.21. The molecule has 1 amide bonds. The summed E-state index contributed by atoms with van der Waals surface area (Å²) in [5.74, 6) is -0.929. The number of carbonyl (C=O) groups is 2. The highest BCUT2D eigenvalue weighted by molar-refractivity contribution is 6.34. The Kier molecular flexibility index (Phi) is 5.90. The first kappa shape index (κ1) is 19.1. The van der Waals surface area contributed by atoms with Crippen LogP contribution >= 0.6 is 11.6 Å². The van der Waals surface area contributed by atoms with Crippen molar-refractivity contribution in [2.75, 3.05) is 11.9 Å². The summed E-state index contributed by atoms with van der Waals surface area (Å²) in [6.07, 6.45) is 0. The summed E-state index contributed by atoms with van der Waals surface area (Å²) in [6.45, 7) is 10.0. The Morgan fingerprint density at radius 3 is 2.40 bits per heavy atom. The topological polar surface area (TPSA) is 60.3 Å². The van der Waals surface area contributed by atoms with Crippen LogP contribution < -0.4 is 5.32 Å². The molecule has 1 aromatic heterocycles. The summed E-state index contributed by atoms with van der Waals surface area (Å²) in [5, 5.41) is 3.16. The van der Waals surface area contributed by atoms with Gasteiger partial charge in [0.15, 0.2) is 6.61 Å². The van der Waals surface area contributed by atoms with Crippen LogP contribution in [0.5, 0.6) is 0 Å². The van der Waals surface area contributed by atoms with E-state index in [1.807, 2.05) is 45.3 Å². The lowest BCUT2D eigenvalue weighted by molar-refractivity contribution is -0.119. The van der Waals surface area contributed by atoms with Crippen molar-refractivity contribution in [2.24, 2.45) is 0 Å². The number of esters is 1. The number of halogens is 1. The van der Waals surface area contributed by atoms with Crippen LogP contribution in [0, 0.1) is 27.7 Å². The minimum Gasteiger partial charge on any atom is -0.452 e. The molecular weight excluding hydrogens is 340 g/mol. The Morgan fingerprint density at radius 2 is 1.84 bits per heavy atom. The van der Waals surface area contributed by atoms with Crippen molar-refractivity contribution in [3.05, 3.63) is 51.3 Å². The number of amides is 1. The number of anilines is 1. The van der Waals surface area contributed by atoms with E-state index in [2.05, 4.69) is 5.32 Å². The Hall–Kier alpha value is -2.27. The molecule has 0 aliphatic carbocycles. The first-order valence-electron chi connectivity index (χ1n) is 8.15. The molecule has 0 aliphatic heterocycles. The number of benzene rings is 1. The van der Waals surface area contributed by atoms with E-state index in [-0.39, 0.29) is 6.61 Å². The van der Waals surface area contributed by atoms with Crippen LogP contribution in [0.2, 0.25) is 5.02 Å². The lowest BCUT2D eigenvalue weighted by atomic mass is 10.1. The van der Waals surface area contributed by atoms with Gasteiger partial charge in [0.2, 0.25) is 0 Å². The largest absolute Gasteiger partial charge is 0.452 e. The SMILES string of the molecule is CCn1c(C)cc(C(=O)OCC(=O)Nc2c(C)cc(C)cc2Cl)c1C. The molecule has 25 heavy (non-hydrogen) atoms. The maximum Gasteiger partial charge on any atom is 0.340 e. The summed E-state index contributed by atoms with van der Waals surface area (Å²) in [4.78, 5) is 24.3. The number of hydrogen-bond acceptors (Lipinski definition) is 3. The molecule has 6 heteroatoms. The number of ether oxygens (including phenoxy) is 1. The third-order valence-corrected chi connectivity index (χ3v) is 4.44. The van der Waals surface area contributed by atoms with Gasteiger partial charge in [0.05, 0.1) is 16.3 Å². The van der Waals surface area contributed by atoms with Crippen molar-refractivity contribution in [1.82, 2.24) is 4.57 Å². The van der Waals surface area contributed by atoms with Gasteiger partial charge in [-0.2, -0.15) is 0 Å². The van der Waals surface area contributed by atoms with Gasteiger partial charge in [-0.15, -0.1) is 0 Å². The fourth-order valence-electron chi connectivity index (χ4n) is 2.95. The first-order chi connectivity index (χ1) is 11.7. The molecule has 0 unspecified atom stereocenters. The average Bonchev–Trinajstić information content (AvgIpc) is 2.82. The molecule has 0 atom stereocenters. The van der Waals surface area contributed by atoms with Crippen LogP contribution in [0.15, 0.2) is 18.2 Å². The van der Waals surface area contributed by atoms with Crippen molar-refractivity contribution in [1.29, 1.82) is 0 Å². The van der Waals surface area contributed by atoms with Crippen LogP contribution in [0.1, 0.15) is 39.8 Å². The second-order valence-electron chi connectivity index (χ2n) is 6.09. The van der Waals surface area contributed by atoms with Gasteiger partial charge >= 0.3 is 5.97 Å². The fourth-order valence-corrected chi connectivity index (χ4v) is 3.32. The molecule has 0 saturated carbocycles. The van der Waals surface area contributed by atoms with Crippen molar-refractivity contribution < 1.29 is 14.3 Å². The van der Waals surface area contributed by atoms with Crippen LogP contribution in [0.25, 0.3) is 0 Å². The zero-order valence-electron chi connectivity index (χ0n) is 15.2. The van der Waals surface area contributed by atoms with E-state index in [0.29, 0.717) is 16.3 Å².